The highest BCUT2D eigenvalue weighted by molar-refractivity contribution is 6.12. The van der Waals surface area contributed by atoms with E-state index in [0.717, 1.165) is 55.5 Å². The fourth-order valence-corrected chi connectivity index (χ4v) is 4.49. The number of aliphatic hydroxyl groups is 1. The van der Waals surface area contributed by atoms with E-state index in [9.17, 15) is 4.79 Å². The van der Waals surface area contributed by atoms with E-state index in [1.54, 1.807) is 0 Å². The first-order valence-corrected chi connectivity index (χ1v) is 10.0. The van der Waals surface area contributed by atoms with Gasteiger partial charge in [0.2, 0.25) is 0 Å². The lowest BCUT2D eigenvalue weighted by Gasteiger charge is -2.43. The summed E-state index contributed by atoms with van der Waals surface area (Å²) in [6.07, 6.45) is 5.04. The van der Waals surface area contributed by atoms with Crippen molar-refractivity contribution in [1.29, 1.82) is 0 Å². The molecule has 0 aliphatic carbocycles. The van der Waals surface area contributed by atoms with Crippen LogP contribution in [0.3, 0.4) is 0 Å². The van der Waals surface area contributed by atoms with E-state index >= 15 is 0 Å². The SMILES string of the molecule is O=C(c1ccccc1)c1cccc2c1N[C@H](CCCCO)[C@@H]1CCCO[C@H]21. The fraction of sp³-hybridized carbons (Fsp3) is 0.435. The van der Waals surface area contributed by atoms with Gasteiger partial charge in [0.25, 0.3) is 0 Å². The van der Waals surface area contributed by atoms with Crippen LogP contribution < -0.4 is 5.32 Å². The Labute approximate surface area is 160 Å². The summed E-state index contributed by atoms with van der Waals surface area (Å²) in [7, 11) is 0. The lowest BCUT2D eigenvalue weighted by molar-refractivity contribution is -0.0387. The van der Waals surface area contributed by atoms with Crippen molar-refractivity contribution in [3.05, 3.63) is 65.2 Å². The lowest BCUT2D eigenvalue weighted by atomic mass is 9.77. The Bertz CT molecular complexity index is 789. The van der Waals surface area contributed by atoms with E-state index in [1.165, 1.54) is 0 Å². The number of aliphatic hydroxyl groups excluding tert-OH is 1. The van der Waals surface area contributed by atoms with Gasteiger partial charge in [-0.15, -0.1) is 0 Å². The highest BCUT2D eigenvalue weighted by Gasteiger charge is 2.40. The third-order valence-electron chi connectivity index (χ3n) is 5.82. The van der Waals surface area contributed by atoms with Crippen molar-refractivity contribution in [2.24, 2.45) is 5.92 Å². The molecule has 0 amide bonds. The standard InChI is InChI=1S/C23H27NO3/c25-14-5-4-13-20-17-12-7-15-27-23(17)19-11-6-10-18(21(19)24-20)22(26)16-8-2-1-3-9-16/h1-3,6,8-11,17,20,23-25H,4-5,7,12-15H2/t17-,20+,23-/m0/s1. The number of ketones is 1. The zero-order valence-electron chi connectivity index (χ0n) is 15.6. The second kappa shape index (κ2) is 8.24. The number of unbranched alkanes of at least 4 members (excludes halogenated alkanes) is 1. The van der Waals surface area contributed by atoms with E-state index in [2.05, 4.69) is 11.4 Å². The van der Waals surface area contributed by atoms with Crippen LogP contribution in [0.25, 0.3) is 0 Å². The van der Waals surface area contributed by atoms with Crippen molar-refractivity contribution in [2.45, 2.75) is 44.2 Å². The lowest BCUT2D eigenvalue weighted by Crippen LogP contribution is -2.42. The fourth-order valence-electron chi connectivity index (χ4n) is 4.49. The summed E-state index contributed by atoms with van der Waals surface area (Å²) in [5.41, 5.74) is 3.47. The molecule has 0 saturated carbocycles. The smallest absolute Gasteiger partial charge is 0.195 e. The van der Waals surface area contributed by atoms with Gasteiger partial charge in [-0.2, -0.15) is 0 Å². The summed E-state index contributed by atoms with van der Waals surface area (Å²) in [6, 6.07) is 15.7. The van der Waals surface area contributed by atoms with E-state index in [1.807, 2.05) is 42.5 Å². The van der Waals surface area contributed by atoms with Crippen LogP contribution in [0.2, 0.25) is 0 Å². The number of rotatable bonds is 6. The summed E-state index contributed by atoms with van der Waals surface area (Å²) in [5.74, 6) is 0.468. The van der Waals surface area contributed by atoms with E-state index < -0.39 is 0 Å². The first-order chi connectivity index (χ1) is 13.3. The van der Waals surface area contributed by atoms with Crippen molar-refractivity contribution < 1.29 is 14.6 Å². The van der Waals surface area contributed by atoms with Crippen molar-refractivity contribution in [3.63, 3.8) is 0 Å². The summed E-state index contributed by atoms with van der Waals surface area (Å²) in [5, 5.41) is 12.8. The topological polar surface area (TPSA) is 58.6 Å². The predicted molar refractivity (Wildman–Crippen MR) is 106 cm³/mol. The maximum atomic E-state index is 13.1. The van der Waals surface area contributed by atoms with E-state index in [4.69, 9.17) is 9.84 Å². The van der Waals surface area contributed by atoms with Crippen LogP contribution in [-0.2, 0) is 4.74 Å². The van der Waals surface area contributed by atoms with Crippen LogP contribution in [0.5, 0.6) is 0 Å². The molecule has 0 bridgehead atoms. The molecule has 0 unspecified atom stereocenters. The van der Waals surface area contributed by atoms with Gasteiger partial charge >= 0.3 is 0 Å². The van der Waals surface area contributed by atoms with Gasteiger partial charge in [-0.25, -0.2) is 0 Å². The van der Waals surface area contributed by atoms with Gasteiger partial charge < -0.3 is 15.2 Å². The predicted octanol–water partition coefficient (Wildman–Crippen LogP) is 4.34. The minimum absolute atomic E-state index is 0.0447. The number of carbonyl (C=O) groups excluding carboxylic acids is 1. The molecule has 142 valence electrons. The second-order valence-corrected chi connectivity index (χ2v) is 7.53. The Morgan fingerprint density at radius 3 is 2.78 bits per heavy atom. The van der Waals surface area contributed by atoms with Crippen molar-refractivity contribution in [2.75, 3.05) is 18.5 Å². The largest absolute Gasteiger partial charge is 0.396 e. The van der Waals surface area contributed by atoms with Crippen molar-refractivity contribution >= 4 is 11.5 Å². The van der Waals surface area contributed by atoms with Crippen molar-refractivity contribution in [1.82, 2.24) is 0 Å². The average Bonchev–Trinajstić information content (AvgIpc) is 2.73. The van der Waals surface area contributed by atoms with Crippen LogP contribution in [0.4, 0.5) is 5.69 Å². The van der Waals surface area contributed by atoms with Crippen LogP contribution in [0.1, 0.15) is 59.7 Å². The van der Waals surface area contributed by atoms with Gasteiger partial charge in [-0.1, -0.05) is 42.5 Å². The van der Waals surface area contributed by atoms with Gasteiger partial charge in [0.1, 0.15) is 0 Å². The van der Waals surface area contributed by atoms with E-state index in [0.29, 0.717) is 11.5 Å². The molecule has 4 rings (SSSR count). The normalized spacial score (nSPS) is 23.8. The highest BCUT2D eigenvalue weighted by Crippen LogP contribution is 2.46. The van der Waals surface area contributed by atoms with Gasteiger partial charge in [-0.3, -0.25) is 4.79 Å². The number of hydrogen-bond acceptors (Lipinski definition) is 4. The quantitative estimate of drug-likeness (QED) is 0.590. The van der Waals surface area contributed by atoms with E-state index in [-0.39, 0.29) is 24.5 Å². The number of anilines is 1. The van der Waals surface area contributed by atoms with Gasteiger partial charge in [0, 0.05) is 41.9 Å². The van der Waals surface area contributed by atoms with Gasteiger partial charge in [-0.05, 0) is 38.2 Å². The Hall–Kier alpha value is -2.17. The second-order valence-electron chi connectivity index (χ2n) is 7.53. The summed E-state index contributed by atoms with van der Waals surface area (Å²) in [4.78, 5) is 13.1. The Balaban J connectivity index is 1.69. The summed E-state index contributed by atoms with van der Waals surface area (Å²) >= 11 is 0. The Morgan fingerprint density at radius 2 is 1.96 bits per heavy atom. The molecule has 0 aromatic heterocycles. The molecule has 2 N–H and O–H groups in total. The molecule has 4 heteroatoms. The Kier molecular flexibility index (Phi) is 5.55. The number of para-hydroxylation sites is 1. The number of fused-ring (bicyclic) bond motifs is 3. The molecule has 1 fully saturated rings. The molecule has 1 saturated heterocycles. The zero-order chi connectivity index (χ0) is 18.6. The molecular formula is C23H27NO3. The van der Waals surface area contributed by atoms with Crippen molar-refractivity contribution in [3.8, 4) is 0 Å². The summed E-state index contributed by atoms with van der Waals surface area (Å²) < 4.78 is 6.18. The minimum atomic E-state index is 0.0447. The molecule has 2 aromatic rings. The molecule has 4 nitrogen and oxygen atoms in total. The molecule has 2 heterocycles. The number of nitrogens with one attached hydrogen (secondary N) is 1. The molecule has 2 aliphatic heterocycles. The third-order valence-corrected chi connectivity index (χ3v) is 5.82. The molecule has 2 aromatic carbocycles. The minimum Gasteiger partial charge on any atom is -0.396 e. The van der Waals surface area contributed by atoms with Gasteiger partial charge in [0.05, 0.1) is 11.8 Å². The summed E-state index contributed by atoms with van der Waals surface area (Å²) in [6.45, 7) is 1.01. The first-order valence-electron chi connectivity index (χ1n) is 10.0. The van der Waals surface area contributed by atoms with Crippen LogP contribution >= 0.6 is 0 Å². The zero-order valence-corrected chi connectivity index (χ0v) is 15.6. The molecule has 27 heavy (non-hydrogen) atoms. The van der Waals surface area contributed by atoms with Crippen LogP contribution in [-0.4, -0.2) is 30.1 Å². The molecule has 0 radical (unpaired) electrons. The number of ether oxygens (including phenoxy) is 1. The monoisotopic (exact) mass is 365 g/mol. The van der Waals surface area contributed by atoms with Crippen LogP contribution in [0, 0.1) is 5.92 Å². The maximum Gasteiger partial charge on any atom is 0.195 e. The Morgan fingerprint density at radius 1 is 1.11 bits per heavy atom. The molecule has 0 spiro atoms. The number of benzene rings is 2. The maximum absolute atomic E-state index is 13.1. The molecular weight excluding hydrogens is 338 g/mol. The first kappa shape index (κ1) is 18.2. The average molecular weight is 365 g/mol. The molecule has 3 atom stereocenters. The molecule has 2 aliphatic rings. The highest BCUT2D eigenvalue weighted by atomic mass is 16.5. The number of hydrogen-bond donors (Lipinski definition) is 2. The number of carbonyl (C=O) groups is 1. The van der Waals surface area contributed by atoms with Crippen LogP contribution in [0.15, 0.2) is 48.5 Å². The third kappa shape index (κ3) is 3.64. The van der Waals surface area contributed by atoms with Gasteiger partial charge in [0.15, 0.2) is 5.78 Å².